The third-order valence-electron chi connectivity index (χ3n) is 4.92. The molecule has 1 atom stereocenters. The number of rotatable bonds is 5. The summed E-state index contributed by atoms with van der Waals surface area (Å²) in [4.78, 5) is 4.35. The van der Waals surface area contributed by atoms with Crippen molar-refractivity contribution in [2.75, 3.05) is 0 Å². The van der Waals surface area contributed by atoms with Gasteiger partial charge in [-0.1, -0.05) is 61.2 Å². The predicted molar refractivity (Wildman–Crippen MR) is 96.5 cm³/mol. The van der Waals surface area contributed by atoms with Crippen LogP contribution >= 0.6 is 11.6 Å². The summed E-state index contributed by atoms with van der Waals surface area (Å²) in [5.74, 6) is 0.207. The van der Waals surface area contributed by atoms with Gasteiger partial charge in [-0.25, -0.2) is 4.98 Å². The molecule has 2 aromatic rings. The molecule has 1 N–H and O–H groups in total. The lowest BCUT2D eigenvalue weighted by Crippen LogP contribution is -2.27. The average molecular weight is 346 g/mol. The molecule has 24 heavy (non-hydrogen) atoms. The molecule has 1 aliphatic heterocycles. The molecule has 1 aromatic carbocycles. The number of pyridine rings is 1. The number of halogens is 1. The summed E-state index contributed by atoms with van der Waals surface area (Å²) in [7, 11) is 0. The molecule has 0 bridgehead atoms. The van der Waals surface area contributed by atoms with Gasteiger partial charge in [0.25, 0.3) is 0 Å². The normalized spacial score (nSPS) is 19.5. The van der Waals surface area contributed by atoms with Crippen molar-refractivity contribution in [3.05, 3.63) is 57.4 Å². The molecule has 0 saturated carbocycles. The fraction of sp³-hybridized carbons (Fsp3) is 0.450. The summed E-state index contributed by atoms with van der Waals surface area (Å²) in [5.41, 5.74) is 3.84. The monoisotopic (exact) mass is 345 g/mol. The quantitative estimate of drug-likeness (QED) is 0.581. The molecule has 0 radical (unpaired) electrons. The highest BCUT2D eigenvalue weighted by atomic mass is 35.5. The molecule has 2 heterocycles. The van der Waals surface area contributed by atoms with Crippen LogP contribution in [0, 0.1) is 13.8 Å². The van der Waals surface area contributed by atoms with E-state index in [1.807, 2.05) is 0 Å². The van der Waals surface area contributed by atoms with Gasteiger partial charge >= 0.3 is 0 Å². The summed E-state index contributed by atoms with van der Waals surface area (Å²) in [6.07, 6.45) is 4.15. The molecule has 0 amide bonds. The van der Waals surface area contributed by atoms with E-state index >= 15 is 0 Å². The van der Waals surface area contributed by atoms with E-state index in [9.17, 15) is 5.11 Å². The number of nitrogens with zero attached hydrogens (tertiary/aromatic N) is 1. The van der Waals surface area contributed by atoms with Crippen LogP contribution in [0.1, 0.15) is 60.6 Å². The van der Waals surface area contributed by atoms with Gasteiger partial charge in [0.15, 0.2) is 0 Å². The van der Waals surface area contributed by atoms with E-state index in [2.05, 4.69) is 43.1 Å². The van der Waals surface area contributed by atoms with E-state index in [0.717, 1.165) is 42.4 Å². The number of benzene rings is 1. The van der Waals surface area contributed by atoms with Crippen molar-refractivity contribution in [3.8, 4) is 5.75 Å². The maximum atomic E-state index is 10.4. The van der Waals surface area contributed by atoms with Crippen LogP contribution in [-0.4, -0.2) is 10.1 Å². The molecule has 4 heteroatoms. The van der Waals surface area contributed by atoms with Crippen molar-refractivity contribution in [1.82, 2.24) is 4.98 Å². The van der Waals surface area contributed by atoms with Crippen molar-refractivity contribution in [3.63, 3.8) is 0 Å². The van der Waals surface area contributed by atoms with Gasteiger partial charge in [0, 0.05) is 11.1 Å². The molecular weight excluding hydrogens is 322 g/mol. The lowest BCUT2D eigenvalue weighted by Gasteiger charge is -2.31. The number of unbranched alkanes of at least 4 members (excludes halogenated alkanes) is 2. The molecule has 0 spiro atoms. The Hall–Kier alpha value is -1.58. The van der Waals surface area contributed by atoms with Gasteiger partial charge in [-0.3, -0.25) is 0 Å². The van der Waals surface area contributed by atoms with Gasteiger partial charge in [0.05, 0.1) is 12.3 Å². The highest BCUT2D eigenvalue weighted by molar-refractivity contribution is 6.30. The third-order valence-corrected chi connectivity index (χ3v) is 5.19. The Morgan fingerprint density at radius 1 is 1.21 bits per heavy atom. The van der Waals surface area contributed by atoms with Crippen LogP contribution in [-0.2, 0) is 16.9 Å². The van der Waals surface area contributed by atoms with Crippen LogP contribution in [0.15, 0.2) is 24.3 Å². The summed E-state index contributed by atoms with van der Waals surface area (Å²) in [6.45, 7) is 6.39. The van der Waals surface area contributed by atoms with Crippen molar-refractivity contribution in [2.45, 2.75) is 58.7 Å². The zero-order valence-corrected chi connectivity index (χ0v) is 15.3. The Balaban J connectivity index is 2.16. The molecule has 3 rings (SSSR count). The SMILES string of the molecule is CCCCCC1(c2ccc(C)cc2)OCc2c(O)c(C)nc(Cl)c21. The topological polar surface area (TPSA) is 42.4 Å². The number of ether oxygens (including phenoxy) is 1. The lowest BCUT2D eigenvalue weighted by atomic mass is 9.81. The van der Waals surface area contributed by atoms with Crippen LogP contribution < -0.4 is 0 Å². The standard InChI is InChI=1S/C20H24ClNO2/c1-4-5-6-11-20(15-9-7-13(2)8-10-15)17-16(12-24-20)18(23)14(3)22-19(17)21/h7-10,23H,4-6,11-12H2,1-3H3. The van der Waals surface area contributed by atoms with Gasteiger partial charge in [-0.05, 0) is 32.3 Å². The minimum Gasteiger partial charge on any atom is -0.506 e. The first-order chi connectivity index (χ1) is 11.5. The fourth-order valence-corrected chi connectivity index (χ4v) is 3.95. The number of hydrogen-bond acceptors (Lipinski definition) is 3. The molecule has 0 fully saturated rings. The Labute approximate surface area is 148 Å². The molecule has 1 aliphatic rings. The molecule has 0 aliphatic carbocycles. The Morgan fingerprint density at radius 2 is 1.92 bits per heavy atom. The second kappa shape index (κ2) is 6.73. The first-order valence-corrected chi connectivity index (χ1v) is 8.97. The molecule has 1 aromatic heterocycles. The van der Waals surface area contributed by atoms with E-state index in [1.54, 1.807) is 6.92 Å². The second-order valence-corrected chi connectivity index (χ2v) is 6.99. The van der Waals surface area contributed by atoms with E-state index in [0.29, 0.717) is 17.5 Å². The predicted octanol–water partition coefficient (Wildman–Crippen LogP) is 5.41. The summed E-state index contributed by atoms with van der Waals surface area (Å²) in [6, 6.07) is 8.38. The molecule has 128 valence electrons. The number of fused-ring (bicyclic) bond motifs is 1. The highest BCUT2D eigenvalue weighted by Crippen LogP contribution is 2.50. The van der Waals surface area contributed by atoms with Gasteiger partial charge in [-0.15, -0.1) is 0 Å². The smallest absolute Gasteiger partial charge is 0.142 e. The molecule has 1 unspecified atom stereocenters. The van der Waals surface area contributed by atoms with Gasteiger partial charge in [-0.2, -0.15) is 0 Å². The lowest BCUT2D eigenvalue weighted by molar-refractivity contribution is -0.0136. The van der Waals surface area contributed by atoms with Crippen LogP contribution in [0.3, 0.4) is 0 Å². The van der Waals surface area contributed by atoms with E-state index in [-0.39, 0.29) is 5.75 Å². The first kappa shape index (κ1) is 17.2. The van der Waals surface area contributed by atoms with Gasteiger partial charge < -0.3 is 9.84 Å². The third kappa shape index (κ3) is 2.80. The molecular formula is C20H24ClNO2. The number of hydrogen-bond donors (Lipinski definition) is 1. The second-order valence-electron chi connectivity index (χ2n) is 6.63. The van der Waals surface area contributed by atoms with E-state index in [4.69, 9.17) is 16.3 Å². The van der Waals surface area contributed by atoms with Crippen molar-refractivity contribution in [2.24, 2.45) is 0 Å². The highest BCUT2D eigenvalue weighted by Gasteiger charge is 2.45. The van der Waals surface area contributed by atoms with Crippen molar-refractivity contribution >= 4 is 11.6 Å². The van der Waals surface area contributed by atoms with Crippen molar-refractivity contribution in [1.29, 1.82) is 0 Å². The Bertz CT molecular complexity index is 742. The minimum atomic E-state index is -0.618. The maximum Gasteiger partial charge on any atom is 0.142 e. The van der Waals surface area contributed by atoms with Crippen LogP contribution in [0.25, 0.3) is 0 Å². The Kier molecular flexibility index (Phi) is 4.84. The number of aryl methyl sites for hydroxylation is 2. The average Bonchev–Trinajstić information content (AvgIpc) is 2.95. The van der Waals surface area contributed by atoms with Crippen molar-refractivity contribution < 1.29 is 9.84 Å². The number of aromatic nitrogens is 1. The van der Waals surface area contributed by atoms with Gasteiger partial charge in [0.2, 0.25) is 0 Å². The van der Waals surface area contributed by atoms with Crippen LogP contribution in [0.5, 0.6) is 5.75 Å². The molecule has 0 saturated heterocycles. The minimum absolute atomic E-state index is 0.207. The van der Waals surface area contributed by atoms with E-state index < -0.39 is 5.60 Å². The fourth-order valence-electron chi connectivity index (χ4n) is 3.55. The van der Waals surface area contributed by atoms with Crippen LogP contribution in [0.4, 0.5) is 0 Å². The summed E-state index contributed by atoms with van der Waals surface area (Å²) >= 11 is 6.52. The first-order valence-electron chi connectivity index (χ1n) is 8.59. The zero-order chi connectivity index (χ0) is 17.3. The van der Waals surface area contributed by atoms with Gasteiger partial charge in [0.1, 0.15) is 16.5 Å². The maximum absolute atomic E-state index is 10.4. The van der Waals surface area contributed by atoms with E-state index in [1.165, 1.54) is 5.56 Å². The summed E-state index contributed by atoms with van der Waals surface area (Å²) in [5, 5.41) is 10.9. The zero-order valence-electron chi connectivity index (χ0n) is 14.5. The largest absolute Gasteiger partial charge is 0.506 e. The van der Waals surface area contributed by atoms with Crippen LogP contribution in [0.2, 0.25) is 5.15 Å². The number of aromatic hydroxyl groups is 1. The molecule has 3 nitrogen and oxygen atoms in total. The summed E-state index contributed by atoms with van der Waals surface area (Å²) < 4.78 is 6.32. The Morgan fingerprint density at radius 3 is 2.58 bits per heavy atom.